The first-order valence-corrected chi connectivity index (χ1v) is 20.0. The average molecular weight is 849 g/mol. The van der Waals surface area contributed by atoms with E-state index in [0.717, 1.165) is 21.6 Å². The number of furan rings is 2. The number of aromatic nitrogens is 2. The number of nitrogens with one attached hydrogen (secondary N) is 1. The van der Waals surface area contributed by atoms with Crippen molar-refractivity contribution >= 4 is 21.9 Å². The van der Waals surface area contributed by atoms with Gasteiger partial charge in [0.05, 0.1) is 36.6 Å². The normalized spacial score (nSPS) is 10.9. The molecule has 7 rings (SSSR count). The summed E-state index contributed by atoms with van der Waals surface area (Å²) in [6, 6.07) is 31.1. The number of sulfonamides is 1. The fourth-order valence-corrected chi connectivity index (χ4v) is 7.09. The minimum absolute atomic E-state index is 0.0231. The molecule has 1 amide bonds. The van der Waals surface area contributed by atoms with Gasteiger partial charge in [-0.3, -0.25) is 15.0 Å². The van der Waals surface area contributed by atoms with Gasteiger partial charge in [-0.1, -0.05) is 18.2 Å². The molecule has 16 heteroatoms. The number of nitrogens with zero attached hydrogens (tertiary/aromatic N) is 2. The number of carboxylic acid groups (broad SMARTS) is 1. The van der Waals surface area contributed by atoms with Gasteiger partial charge in [-0.05, 0) is 111 Å². The molecule has 4 aromatic heterocycles. The zero-order chi connectivity index (χ0) is 43.7. The summed E-state index contributed by atoms with van der Waals surface area (Å²) in [5, 5.41) is 19.1. The molecule has 0 atom stereocenters. The number of benzene rings is 3. The third kappa shape index (κ3) is 10.7. The maximum absolute atomic E-state index is 12.6. The Bertz CT molecular complexity index is 2740. The van der Waals surface area contributed by atoms with Gasteiger partial charge in [-0.15, -0.1) is 0 Å². The summed E-state index contributed by atoms with van der Waals surface area (Å²) in [4.78, 5) is 27.8. The second-order valence-electron chi connectivity index (χ2n) is 13.4. The number of aromatic carboxylic acids is 1. The summed E-state index contributed by atoms with van der Waals surface area (Å²) in [5.41, 5.74) is 4.96. The Balaban J connectivity index is 0.000000218. The van der Waals surface area contributed by atoms with Crippen LogP contribution in [0.5, 0.6) is 23.0 Å². The van der Waals surface area contributed by atoms with Crippen LogP contribution in [0.3, 0.4) is 0 Å². The van der Waals surface area contributed by atoms with Crippen LogP contribution in [0.4, 0.5) is 0 Å². The molecule has 0 radical (unpaired) electrons. The van der Waals surface area contributed by atoms with Crippen molar-refractivity contribution in [1.82, 2.24) is 9.71 Å². The molecule has 7 aromatic rings. The van der Waals surface area contributed by atoms with Crippen LogP contribution in [0.2, 0.25) is 0 Å². The van der Waals surface area contributed by atoms with E-state index in [1.54, 1.807) is 88.7 Å². The molecule has 314 valence electrons. The molecule has 0 aliphatic carbocycles. The number of aryl methyl sites for hydroxylation is 3. The number of methoxy groups -OCH3 is 2. The number of hydrogen-bond donors (Lipinski definition) is 3. The van der Waals surface area contributed by atoms with E-state index in [1.807, 2.05) is 41.1 Å². The molecule has 0 aliphatic heterocycles. The van der Waals surface area contributed by atoms with E-state index in [4.69, 9.17) is 32.9 Å². The van der Waals surface area contributed by atoms with Gasteiger partial charge in [0.15, 0.2) is 11.5 Å². The molecular formula is C45H42N3O12S+. The van der Waals surface area contributed by atoms with Crippen LogP contribution in [0.25, 0.3) is 22.5 Å². The van der Waals surface area contributed by atoms with E-state index in [-0.39, 0.29) is 29.6 Å². The summed E-state index contributed by atoms with van der Waals surface area (Å²) < 4.78 is 60.6. The zero-order valence-corrected chi connectivity index (χ0v) is 34.6. The maximum atomic E-state index is 12.6. The van der Waals surface area contributed by atoms with Crippen molar-refractivity contribution in [3.63, 3.8) is 0 Å². The third-order valence-electron chi connectivity index (χ3n) is 9.28. The van der Waals surface area contributed by atoms with E-state index < -0.39 is 21.9 Å². The average Bonchev–Trinajstić information content (AvgIpc) is 3.84. The number of rotatable bonds is 14. The molecule has 4 heterocycles. The summed E-state index contributed by atoms with van der Waals surface area (Å²) in [5.74, 6) is 1.26. The lowest BCUT2D eigenvalue weighted by Crippen LogP contribution is -2.32. The summed E-state index contributed by atoms with van der Waals surface area (Å²) in [6.07, 6.45) is 3.13. The van der Waals surface area contributed by atoms with Crippen LogP contribution in [0, 0.1) is 20.8 Å². The van der Waals surface area contributed by atoms with E-state index >= 15 is 0 Å². The van der Waals surface area contributed by atoms with Gasteiger partial charge in [-0.2, -0.15) is 0 Å². The number of amides is 1. The number of hydrogen-bond acceptors (Lipinski definition) is 12. The standard InChI is InChI=1S/C26H24N2O7S.C19H17NO5/c1-17-6-4-5-7-25(17)36(31,32)27-26(29)24-14-20(18(2)35-24)16-34-21-10-8-19(9-11-21)23-13-12-22(33-3)15-28(23)30;1-12-14(9-18(25-12)19(21)22)11-24-15-5-3-13(4-6-15)17-8-7-16(23-2)10-20-17/h4-15H,16H2,1-3H3,(H-,27,29,30);3-10H,11H2,1-2H3,(H,21,22)/p+1. The number of carbonyl (C=O) groups excluding carboxylic acids is 1. The van der Waals surface area contributed by atoms with Gasteiger partial charge in [0, 0.05) is 27.5 Å². The molecule has 0 spiro atoms. The minimum Gasteiger partial charge on any atom is -0.495 e. The van der Waals surface area contributed by atoms with Crippen molar-refractivity contribution in [2.24, 2.45) is 0 Å². The van der Waals surface area contributed by atoms with Crippen molar-refractivity contribution in [1.29, 1.82) is 0 Å². The van der Waals surface area contributed by atoms with E-state index in [1.165, 1.54) is 31.5 Å². The molecule has 0 fully saturated rings. The molecule has 0 bridgehead atoms. The van der Waals surface area contributed by atoms with Crippen LogP contribution in [-0.4, -0.2) is 49.8 Å². The van der Waals surface area contributed by atoms with Crippen LogP contribution in [-0.2, 0) is 23.2 Å². The van der Waals surface area contributed by atoms with Gasteiger partial charge >= 0.3 is 11.9 Å². The highest BCUT2D eigenvalue weighted by atomic mass is 32.2. The monoisotopic (exact) mass is 848 g/mol. The quantitative estimate of drug-likeness (QED) is 0.0710. The van der Waals surface area contributed by atoms with Crippen LogP contribution < -0.4 is 28.4 Å². The predicted octanol–water partition coefficient (Wildman–Crippen LogP) is 7.73. The van der Waals surface area contributed by atoms with Crippen LogP contribution >= 0.6 is 0 Å². The minimum atomic E-state index is -4.05. The van der Waals surface area contributed by atoms with E-state index in [9.17, 15) is 23.2 Å². The Hall–Kier alpha value is -7.59. The van der Waals surface area contributed by atoms with Gasteiger partial charge in [0.2, 0.25) is 5.76 Å². The number of carbonyl (C=O) groups is 2. The summed E-state index contributed by atoms with van der Waals surface area (Å²) >= 11 is 0. The Labute approximate surface area is 351 Å². The fourth-order valence-electron chi connectivity index (χ4n) is 5.89. The number of pyridine rings is 2. The van der Waals surface area contributed by atoms with Crippen molar-refractivity contribution in [3.8, 4) is 45.5 Å². The first-order valence-electron chi connectivity index (χ1n) is 18.5. The molecule has 15 nitrogen and oxygen atoms in total. The Morgan fingerprint density at radius 1 is 0.705 bits per heavy atom. The van der Waals surface area contributed by atoms with Crippen molar-refractivity contribution in [3.05, 3.63) is 161 Å². The number of carboxylic acids is 1. The van der Waals surface area contributed by atoms with Gasteiger partial charge in [0.1, 0.15) is 42.0 Å². The molecule has 0 unspecified atom stereocenters. The summed E-state index contributed by atoms with van der Waals surface area (Å²) in [7, 11) is -0.928. The molecule has 3 aromatic carbocycles. The predicted molar refractivity (Wildman–Crippen MR) is 220 cm³/mol. The highest BCUT2D eigenvalue weighted by molar-refractivity contribution is 7.90. The second kappa shape index (κ2) is 19.0. The van der Waals surface area contributed by atoms with Gasteiger partial charge in [0.25, 0.3) is 21.9 Å². The lowest BCUT2D eigenvalue weighted by molar-refractivity contribution is -0.896. The summed E-state index contributed by atoms with van der Waals surface area (Å²) in [6.45, 7) is 5.37. The van der Waals surface area contributed by atoms with Gasteiger partial charge < -0.3 is 32.9 Å². The Morgan fingerprint density at radius 2 is 1.25 bits per heavy atom. The molecule has 0 saturated heterocycles. The molecular weight excluding hydrogens is 807 g/mol. The number of ether oxygens (including phenoxy) is 4. The Kier molecular flexibility index (Phi) is 13.4. The Morgan fingerprint density at radius 3 is 1.77 bits per heavy atom. The van der Waals surface area contributed by atoms with Crippen molar-refractivity contribution in [2.75, 3.05) is 14.2 Å². The zero-order valence-electron chi connectivity index (χ0n) is 33.7. The highest BCUT2D eigenvalue weighted by Gasteiger charge is 2.24. The maximum Gasteiger partial charge on any atom is 0.371 e. The third-order valence-corrected chi connectivity index (χ3v) is 10.8. The molecule has 0 saturated carbocycles. The van der Waals surface area contributed by atoms with E-state index in [0.29, 0.717) is 56.9 Å². The molecule has 3 N–H and O–H groups in total. The lowest BCUT2D eigenvalue weighted by Gasteiger charge is -2.07. The fraction of sp³-hybridized carbons (Fsp3) is 0.156. The molecule has 0 aliphatic rings. The van der Waals surface area contributed by atoms with Crippen molar-refractivity contribution in [2.45, 2.75) is 38.9 Å². The van der Waals surface area contributed by atoms with Gasteiger partial charge in [-0.25, -0.2) is 17.9 Å². The van der Waals surface area contributed by atoms with Crippen molar-refractivity contribution < 1.29 is 60.8 Å². The van der Waals surface area contributed by atoms with Crippen LogP contribution in [0.15, 0.2) is 135 Å². The molecule has 61 heavy (non-hydrogen) atoms. The smallest absolute Gasteiger partial charge is 0.371 e. The first kappa shape index (κ1) is 43.0. The SMILES string of the molecule is COc1ccc(-c2ccc(OCc3cc(C(=O)NS(=O)(=O)c4ccccc4C)oc3C)cc2)[n+](O)c1.COc1ccc(-c2ccc(OCc3cc(C(=O)O)oc3C)cc2)nc1. The largest absolute Gasteiger partial charge is 0.495 e. The lowest BCUT2D eigenvalue weighted by atomic mass is 10.1. The highest BCUT2D eigenvalue weighted by Crippen LogP contribution is 2.26. The van der Waals surface area contributed by atoms with E-state index in [2.05, 4.69) is 4.98 Å². The first-order chi connectivity index (χ1) is 29.2. The van der Waals surface area contributed by atoms with Crippen LogP contribution in [0.1, 0.15) is 49.3 Å². The second-order valence-corrected chi connectivity index (χ2v) is 15.0. The topological polar surface area (TPSA) is 201 Å².